The van der Waals surface area contributed by atoms with Crippen LogP contribution in [0.4, 0.5) is 0 Å². The molecule has 2 aromatic carbocycles. The number of nitrogens with zero attached hydrogens (tertiary/aromatic N) is 3. The molecule has 0 radical (unpaired) electrons. The molecule has 1 saturated heterocycles. The molecule has 1 unspecified atom stereocenters. The van der Waals surface area contributed by atoms with Crippen LogP contribution in [0.15, 0.2) is 53.1 Å². The molecule has 0 N–H and O–H groups in total. The molecule has 1 atom stereocenters. The molecule has 29 heavy (non-hydrogen) atoms. The first-order valence-electron chi connectivity index (χ1n) is 9.56. The summed E-state index contributed by atoms with van der Waals surface area (Å²) >= 11 is 0. The second-order valence-corrected chi connectivity index (χ2v) is 7.08. The number of hydrogen-bond donors (Lipinski definition) is 0. The number of ether oxygens (including phenoxy) is 2. The van der Waals surface area contributed by atoms with E-state index >= 15 is 0 Å². The summed E-state index contributed by atoms with van der Waals surface area (Å²) in [5.41, 5.74) is 1.53. The van der Waals surface area contributed by atoms with E-state index in [-0.39, 0.29) is 5.91 Å². The zero-order valence-electron chi connectivity index (χ0n) is 16.5. The van der Waals surface area contributed by atoms with Gasteiger partial charge in [0, 0.05) is 30.6 Å². The van der Waals surface area contributed by atoms with Gasteiger partial charge in [-0.1, -0.05) is 5.16 Å². The molecule has 1 aromatic heterocycles. The molecule has 0 saturated carbocycles. The van der Waals surface area contributed by atoms with Crippen LogP contribution in [0.3, 0.4) is 0 Å². The minimum atomic E-state index is 0.0437. The smallest absolute Gasteiger partial charge is 0.257 e. The predicted octanol–water partition coefficient (Wildman–Crippen LogP) is 3.46. The largest absolute Gasteiger partial charge is 0.497 e. The standard InChI is InChI=1S/C22H23N3O4/c1-27-18-7-3-16(4-8-18)21-23-20(24-29-21)13-15-11-12-25(14-15)22(26)17-5-9-19(28-2)10-6-17/h3-10,15H,11-14H2,1-2H3. The molecular weight excluding hydrogens is 370 g/mol. The van der Waals surface area contributed by atoms with Crippen molar-refractivity contribution in [3.63, 3.8) is 0 Å². The van der Waals surface area contributed by atoms with E-state index in [9.17, 15) is 4.79 Å². The monoisotopic (exact) mass is 393 g/mol. The number of rotatable bonds is 6. The van der Waals surface area contributed by atoms with E-state index in [1.165, 1.54) is 0 Å². The number of aromatic nitrogens is 2. The number of amides is 1. The van der Waals surface area contributed by atoms with Crippen LogP contribution in [-0.2, 0) is 6.42 Å². The van der Waals surface area contributed by atoms with Gasteiger partial charge in [0.15, 0.2) is 5.82 Å². The maximum absolute atomic E-state index is 12.7. The highest BCUT2D eigenvalue weighted by atomic mass is 16.5. The van der Waals surface area contributed by atoms with Crippen LogP contribution >= 0.6 is 0 Å². The molecule has 1 amide bonds. The normalized spacial score (nSPS) is 16.1. The second kappa shape index (κ2) is 8.34. The number of benzene rings is 2. The third kappa shape index (κ3) is 4.23. The van der Waals surface area contributed by atoms with E-state index in [0.717, 1.165) is 30.0 Å². The van der Waals surface area contributed by atoms with E-state index in [0.29, 0.717) is 36.2 Å². The summed E-state index contributed by atoms with van der Waals surface area (Å²) in [6, 6.07) is 14.7. The molecule has 1 aliphatic heterocycles. The van der Waals surface area contributed by atoms with Crippen LogP contribution in [0.5, 0.6) is 11.5 Å². The van der Waals surface area contributed by atoms with Gasteiger partial charge in [-0.3, -0.25) is 4.79 Å². The average Bonchev–Trinajstić information content (AvgIpc) is 3.43. The lowest BCUT2D eigenvalue weighted by Crippen LogP contribution is -2.28. The van der Waals surface area contributed by atoms with Crippen molar-refractivity contribution >= 4 is 5.91 Å². The fourth-order valence-electron chi connectivity index (χ4n) is 3.55. The third-order valence-corrected chi connectivity index (χ3v) is 5.19. The van der Waals surface area contributed by atoms with Crippen molar-refractivity contribution in [3.05, 3.63) is 59.9 Å². The third-order valence-electron chi connectivity index (χ3n) is 5.19. The molecule has 3 aromatic rings. The van der Waals surface area contributed by atoms with Crippen LogP contribution in [0.2, 0.25) is 0 Å². The van der Waals surface area contributed by atoms with Crippen LogP contribution < -0.4 is 9.47 Å². The van der Waals surface area contributed by atoms with Crippen molar-refractivity contribution in [2.24, 2.45) is 5.92 Å². The maximum atomic E-state index is 12.7. The average molecular weight is 393 g/mol. The maximum Gasteiger partial charge on any atom is 0.257 e. The van der Waals surface area contributed by atoms with E-state index < -0.39 is 0 Å². The first-order valence-corrected chi connectivity index (χ1v) is 9.56. The molecular formula is C22H23N3O4. The summed E-state index contributed by atoms with van der Waals surface area (Å²) in [5.74, 6) is 3.04. The lowest BCUT2D eigenvalue weighted by Gasteiger charge is -2.16. The van der Waals surface area contributed by atoms with Gasteiger partial charge in [0.25, 0.3) is 11.8 Å². The van der Waals surface area contributed by atoms with Gasteiger partial charge in [0.1, 0.15) is 11.5 Å². The van der Waals surface area contributed by atoms with Crippen LogP contribution in [0.25, 0.3) is 11.5 Å². The van der Waals surface area contributed by atoms with Gasteiger partial charge in [0.05, 0.1) is 14.2 Å². The fourth-order valence-corrected chi connectivity index (χ4v) is 3.55. The topological polar surface area (TPSA) is 77.7 Å². The Hall–Kier alpha value is -3.35. The Morgan fingerprint density at radius 3 is 2.38 bits per heavy atom. The summed E-state index contributed by atoms with van der Waals surface area (Å²) in [5, 5.41) is 4.11. The van der Waals surface area contributed by atoms with Crippen molar-refractivity contribution in [2.75, 3.05) is 27.3 Å². The van der Waals surface area contributed by atoms with Crippen molar-refractivity contribution in [2.45, 2.75) is 12.8 Å². The fraction of sp³-hybridized carbons (Fsp3) is 0.318. The molecule has 0 bridgehead atoms. The Balaban J connectivity index is 1.36. The highest BCUT2D eigenvalue weighted by Gasteiger charge is 2.28. The van der Waals surface area contributed by atoms with Gasteiger partial charge in [-0.25, -0.2) is 0 Å². The Bertz CT molecular complexity index is 966. The number of likely N-dealkylation sites (tertiary alicyclic amines) is 1. The SMILES string of the molecule is COc1ccc(C(=O)N2CCC(Cc3noc(-c4ccc(OC)cc4)n3)C2)cc1. The lowest BCUT2D eigenvalue weighted by molar-refractivity contribution is 0.0787. The number of methoxy groups -OCH3 is 2. The van der Waals surface area contributed by atoms with Gasteiger partial charge in [-0.15, -0.1) is 0 Å². The molecule has 7 heteroatoms. The molecule has 0 spiro atoms. The summed E-state index contributed by atoms with van der Waals surface area (Å²) < 4.78 is 15.7. The summed E-state index contributed by atoms with van der Waals surface area (Å²) in [6.07, 6.45) is 1.61. The highest BCUT2D eigenvalue weighted by molar-refractivity contribution is 5.94. The summed E-state index contributed by atoms with van der Waals surface area (Å²) in [7, 11) is 3.24. The number of carbonyl (C=O) groups excluding carboxylic acids is 1. The second-order valence-electron chi connectivity index (χ2n) is 7.08. The molecule has 0 aliphatic carbocycles. The quantitative estimate of drug-likeness (QED) is 0.638. The van der Waals surface area contributed by atoms with E-state index in [1.54, 1.807) is 38.5 Å². The van der Waals surface area contributed by atoms with Gasteiger partial charge >= 0.3 is 0 Å². The van der Waals surface area contributed by atoms with Crippen molar-refractivity contribution in [1.82, 2.24) is 15.0 Å². The van der Waals surface area contributed by atoms with Gasteiger partial charge in [-0.2, -0.15) is 4.98 Å². The van der Waals surface area contributed by atoms with E-state index in [1.807, 2.05) is 29.2 Å². The summed E-state index contributed by atoms with van der Waals surface area (Å²) in [6.45, 7) is 1.43. The van der Waals surface area contributed by atoms with Crippen LogP contribution in [0, 0.1) is 5.92 Å². The van der Waals surface area contributed by atoms with Crippen molar-refractivity contribution in [3.8, 4) is 23.0 Å². The van der Waals surface area contributed by atoms with Gasteiger partial charge in [0.2, 0.25) is 0 Å². The number of carbonyl (C=O) groups is 1. The lowest BCUT2D eigenvalue weighted by atomic mass is 10.0. The molecule has 150 valence electrons. The molecule has 4 rings (SSSR count). The first kappa shape index (κ1) is 19.0. The van der Waals surface area contributed by atoms with Crippen LogP contribution in [-0.4, -0.2) is 48.3 Å². The highest BCUT2D eigenvalue weighted by Crippen LogP contribution is 2.25. The first-order chi connectivity index (χ1) is 14.2. The van der Waals surface area contributed by atoms with Gasteiger partial charge < -0.3 is 18.9 Å². The van der Waals surface area contributed by atoms with Crippen LogP contribution in [0.1, 0.15) is 22.6 Å². The predicted molar refractivity (Wildman–Crippen MR) is 107 cm³/mol. The molecule has 1 aliphatic rings. The Kier molecular flexibility index (Phi) is 5.46. The Morgan fingerprint density at radius 2 is 1.72 bits per heavy atom. The zero-order chi connectivity index (χ0) is 20.2. The minimum Gasteiger partial charge on any atom is -0.497 e. The van der Waals surface area contributed by atoms with E-state index in [2.05, 4.69) is 10.1 Å². The van der Waals surface area contributed by atoms with E-state index in [4.69, 9.17) is 14.0 Å². The van der Waals surface area contributed by atoms with Crippen molar-refractivity contribution < 1.29 is 18.8 Å². The molecule has 1 fully saturated rings. The summed E-state index contributed by atoms with van der Waals surface area (Å²) in [4.78, 5) is 19.1. The molecule has 7 nitrogen and oxygen atoms in total. The zero-order valence-corrected chi connectivity index (χ0v) is 16.5. The minimum absolute atomic E-state index is 0.0437. The van der Waals surface area contributed by atoms with Gasteiger partial charge in [-0.05, 0) is 60.9 Å². The Labute approximate surface area is 169 Å². The number of hydrogen-bond acceptors (Lipinski definition) is 6. The Morgan fingerprint density at radius 1 is 1.07 bits per heavy atom. The van der Waals surface area contributed by atoms with Crippen molar-refractivity contribution in [1.29, 1.82) is 0 Å². The molecule has 2 heterocycles.